The predicted octanol–water partition coefficient (Wildman–Crippen LogP) is 8.68. The van der Waals surface area contributed by atoms with Crippen LogP contribution in [0.15, 0.2) is 42.5 Å². The van der Waals surface area contributed by atoms with Crippen molar-refractivity contribution in [3.63, 3.8) is 0 Å². The van der Waals surface area contributed by atoms with Crippen LogP contribution in [0.3, 0.4) is 0 Å². The highest BCUT2D eigenvalue weighted by Gasteiger charge is 2.00. The van der Waals surface area contributed by atoms with E-state index in [1.807, 2.05) is 0 Å². The molecule has 0 bridgehead atoms. The topological polar surface area (TPSA) is 0 Å². The number of fused-ring (bicyclic) bond motifs is 1. The van der Waals surface area contributed by atoms with Crippen molar-refractivity contribution in [2.75, 3.05) is 0 Å². The van der Waals surface area contributed by atoms with Crippen LogP contribution in [0.2, 0.25) is 0 Å². The molecule has 0 atom stereocenters. The normalized spacial score (nSPS) is 11.3. The van der Waals surface area contributed by atoms with Gasteiger partial charge in [-0.15, -0.1) is 0 Å². The smallest absolute Gasteiger partial charge is 0.0152 e. The van der Waals surface area contributed by atoms with Gasteiger partial charge in [0.2, 0.25) is 0 Å². The minimum absolute atomic E-state index is 1.11. The van der Waals surface area contributed by atoms with Gasteiger partial charge in [-0.25, -0.2) is 0 Å². The molecule has 0 aliphatic carbocycles. The van der Waals surface area contributed by atoms with Gasteiger partial charge < -0.3 is 0 Å². The molecule has 143 valence electrons. The van der Waals surface area contributed by atoms with Crippen molar-refractivity contribution < 1.29 is 0 Å². The van der Waals surface area contributed by atoms with Crippen LogP contribution in [0.1, 0.15) is 95.5 Å². The highest BCUT2D eigenvalue weighted by Crippen LogP contribution is 2.21. The van der Waals surface area contributed by atoms with Gasteiger partial charge in [-0.1, -0.05) is 133 Å². The molecule has 0 aromatic heterocycles. The second-order valence-electron chi connectivity index (χ2n) is 7.84. The van der Waals surface area contributed by atoms with Gasteiger partial charge in [-0.2, -0.15) is 0 Å². The fourth-order valence-corrected chi connectivity index (χ4v) is 3.95. The molecule has 2 rings (SSSR count). The summed E-state index contributed by atoms with van der Waals surface area (Å²) in [5.41, 5.74) is 1.53. The summed E-state index contributed by atoms with van der Waals surface area (Å²) in [5, 5.41) is 2.83. The summed E-state index contributed by atoms with van der Waals surface area (Å²) in [5.74, 6) is 0. The Labute approximate surface area is 162 Å². The van der Waals surface area contributed by atoms with Gasteiger partial charge in [0.25, 0.3) is 0 Å². The minimum atomic E-state index is 1.11. The van der Waals surface area contributed by atoms with Crippen LogP contribution < -0.4 is 0 Å². The zero-order valence-electron chi connectivity index (χ0n) is 16.9. The Balaban J connectivity index is 1.43. The zero-order chi connectivity index (χ0) is 18.3. The summed E-state index contributed by atoms with van der Waals surface area (Å²) in [6.07, 6.45) is 20.7. The molecule has 2 aromatic rings. The Kier molecular flexibility index (Phi) is 11.2. The molecule has 26 heavy (non-hydrogen) atoms. The highest BCUT2D eigenvalue weighted by molar-refractivity contribution is 5.85. The molecule has 0 unspecified atom stereocenters. The second-order valence-corrected chi connectivity index (χ2v) is 7.84. The van der Waals surface area contributed by atoms with Gasteiger partial charge in [0.1, 0.15) is 0 Å². The Morgan fingerprint density at radius 3 is 1.62 bits per heavy atom. The Bertz CT molecular complexity index is 578. The van der Waals surface area contributed by atoms with Crippen LogP contribution in [0.4, 0.5) is 0 Å². The number of benzene rings is 2. The number of rotatable bonds is 15. The largest absolute Gasteiger partial charge is 0.0616 e. The number of hydrogen-bond acceptors (Lipinski definition) is 0. The molecule has 0 aliphatic rings. The van der Waals surface area contributed by atoms with Gasteiger partial charge >= 0.3 is 0 Å². The van der Waals surface area contributed by atoms with Crippen LogP contribution in [0.25, 0.3) is 10.8 Å². The van der Waals surface area contributed by atoms with Gasteiger partial charge in [-0.05, 0) is 29.2 Å². The Morgan fingerprint density at radius 1 is 0.500 bits per heavy atom. The zero-order valence-corrected chi connectivity index (χ0v) is 16.9. The minimum Gasteiger partial charge on any atom is -0.0616 e. The molecular formula is C26H39. The van der Waals surface area contributed by atoms with E-state index in [9.17, 15) is 0 Å². The average Bonchev–Trinajstić information content (AvgIpc) is 2.68. The molecule has 0 heterocycles. The molecule has 1 radical (unpaired) electrons. The lowest BCUT2D eigenvalue weighted by molar-refractivity contribution is 0.537. The van der Waals surface area contributed by atoms with Crippen molar-refractivity contribution in [3.05, 3.63) is 55.0 Å². The summed E-state index contributed by atoms with van der Waals surface area (Å²) in [4.78, 5) is 0. The molecule has 0 fully saturated rings. The molecule has 0 nitrogen and oxygen atoms in total. The van der Waals surface area contributed by atoms with Crippen LogP contribution >= 0.6 is 0 Å². The SMILES string of the molecule is [CH2]CCCCCCCCCCCCCCCc1cccc2ccccc12. The summed E-state index contributed by atoms with van der Waals surface area (Å²) >= 11 is 0. The fourth-order valence-electron chi connectivity index (χ4n) is 3.95. The van der Waals surface area contributed by atoms with Crippen molar-refractivity contribution in [2.24, 2.45) is 0 Å². The van der Waals surface area contributed by atoms with Crippen molar-refractivity contribution in [1.82, 2.24) is 0 Å². The van der Waals surface area contributed by atoms with E-state index in [1.54, 1.807) is 0 Å². The van der Waals surface area contributed by atoms with Gasteiger partial charge in [0.15, 0.2) is 0 Å². The first-order chi connectivity index (χ1) is 12.9. The average molecular weight is 352 g/mol. The first-order valence-electron chi connectivity index (χ1n) is 11.2. The van der Waals surface area contributed by atoms with E-state index >= 15 is 0 Å². The third-order valence-electron chi connectivity index (χ3n) is 5.58. The molecule has 0 spiro atoms. The maximum absolute atomic E-state index is 3.91. The maximum atomic E-state index is 3.91. The first kappa shape index (κ1) is 21.0. The van der Waals surface area contributed by atoms with Crippen LogP contribution in [0, 0.1) is 6.92 Å². The second kappa shape index (κ2) is 13.8. The lowest BCUT2D eigenvalue weighted by Gasteiger charge is -2.07. The van der Waals surface area contributed by atoms with E-state index in [2.05, 4.69) is 49.4 Å². The van der Waals surface area contributed by atoms with E-state index < -0.39 is 0 Å². The van der Waals surface area contributed by atoms with Crippen molar-refractivity contribution in [2.45, 2.75) is 96.3 Å². The lowest BCUT2D eigenvalue weighted by atomic mass is 9.99. The van der Waals surface area contributed by atoms with E-state index in [-0.39, 0.29) is 0 Å². The molecule has 0 N–H and O–H groups in total. The summed E-state index contributed by atoms with van der Waals surface area (Å²) in [6, 6.07) is 15.5. The van der Waals surface area contributed by atoms with E-state index in [0.717, 1.165) is 6.42 Å². The maximum Gasteiger partial charge on any atom is -0.0152 e. The van der Waals surface area contributed by atoms with E-state index in [0.29, 0.717) is 0 Å². The molecule has 2 aromatic carbocycles. The number of aryl methyl sites for hydroxylation is 1. The predicted molar refractivity (Wildman–Crippen MR) is 118 cm³/mol. The molecule has 0 heteroatoms. The summed E-state index contributed by atoms with van der Waals surface area (Å²) < 4.78 is 0. The first-order valence-corrected chi connectivity index (χ1v) is 11.2. The van der Waals surface area contributed by atoms with Crippen LogP contribution in [-0.2, 0) is 6.42 Å². The van der Waals surface area contributed by atoms with E-state index in [1.165, 1.54) is 106 Å². The summed E-state index contributed by atoms with van der Waals surface area (Å²) in [6.45, 7) is 3.91. The number of hydrogen-bond donors (Lipinski definition) is 0. The number of unbranched alkanes of at least 4 members (excludes halogenated alkanes) is 13. The third-order valence-corrected chi connectivity index (χ3v) is 5.58. The van der Waals surface area contributed by atoms with E-state index in [4.69, 9.17) is 0 Å². The Morgan fingerprint density at radius 2 is 1.00 bits per heavy atom. The third kappa shape index (κ3) is 8.39. The molecule has 0 saturated carbocycles. The standard InChI is InChI=1S/C26H39/c1-2-3-4-5-6-7-8-9-10-11-12-13-14-15-19-24-21-18-22-25-20-16-17-23-26(24)25/h16-18,20-23H,1-15,19H2. The highest BCUT2D eigenvalue weighted by atomic mass is 14.1. The van der Waals surface area contributed by atoms with Crippen LogP contribution in [-0.4, -0.2) is 0 Å². The van der Waals surface area contributed by atoms with Gasteiger partial charge in [0, 0.05) is 0 Å². The fraction of sp³-hybridized carbons (Fsp3) is 0.577. The molecule has 0 aliphatic heterocycles. The lowest BCUT2D eigenvalue weighted by Crippen LogP contribution is -1.88. The Hall–Kier alpha value is -1.30. The van der Waals surface area contributed by atoms with Crippen LogP contribution in [0.5, 0.6) is 0 Å². The molecular weight excluding hydrogens is 312 g/mol. The molecule has 0 saturated heterocycles. The van der Waals surface area contributed by atoms with Crippen molar-refractivity contribution in [1.29, 1.82) is 0 Å². The van der Waals surface area contributed by atoms with Crippen molar-refractivity contribution in [3.8, 4) is 0 Å². The quantitative estimate of drug-likeness (QED) is 0.281. The van der Waals surface area contributed by atoms with Gasteiger partial charge in [0.05, 0.1) is 0 Å². The summed E-state index contributed by atoms with van der Waals surface area (Å²) in [7, 11) is 0. The monoisotopic (exact) mass is 351 g/mol. The molecule has 0 amide bonds. The van der Waals surface area contributed by atoms with Crippen molar-refractivity contribution >= 4 is 10.8 Å². The van der Waals surface area contributed by atoms with Gasteiger partial charge in [-0.3, -0.25) is 0 Å².